The molecule has 0 bridgehead atoms. The van der Waals surface area contributed by atoms with Crippen LogP contribution in [-0.2, 0) is 21.1 Å². The molecule has 1 unspecified atom stereocenters. The SMILES string of the molecule is CCS(=O)(=O)c1cc(N2CCCC2F)cc(F)c1CC(C)=O. The van der Waals surface area contributed by atoms with Crippen LogP contribution in [0.3, 0.4) is 0 Å². The monoisotopic (exact) mass is 331 g/mol. The number of sulfone groups is 1. The maximum absolute atomic E-state index is 14.4. The quantitative estimate of drug-likeness (QED) is 0.779. The molecule has 0 aliphatic carbocycles. The zero-order valence-electron chi connectivity index (χ0n) is 12.6. The smallest absolute Gasteiger partial charge is 0.178 e. The minimum Gasteiger partial charge on any atom is -0.342 e. The molecule has 0 aromatic heterocycles. The summed E-state index contributed by atoms with van der Waals surface area (Å²) in [5, 5.41) is 0. The van der Waals surface area contributed by atoms with E-state index in [0.29, 0.717) is 19.4 Å². The van der Waals surface area contributed by atoms with Crippen molar-refractivity contribution in [1.82, 2.24) is 0 Å². The van der Waals surface area contributed by atoms with E-state index < -0.39 is 22.0 Å². The topological polar surface area (TPSA) is 54.5 Å². The van der Waals surface area contributed by atoms with Crippen molar-refractivity contribution in [3.05, 3.63) is 23.5 Å². The van der Waals surface area contributed by atoms with Gasteiger partial charge in [0.1, 0.15) is 11.6 Å². The van der Waals surface area contributed by atoms with Gasteiger partial charge in [0.05, 0.1) is 10.6 Å². The predicted molar refractivity (Wildman–Crippen MR) is 80.0 cm³/mol. The highest BCUT2D eigenvalue weighted by Crippen LogP contribution is 2.32. The number of Topliss-reactive ketones (excluding diaryl/α,β-unsaturated/α-hetero) is 1. The Bertz CT molecular complexity index is 688. The normalized spacial score (nSPS) is 18.7. The van der Waals surface area contributed by atoms with Crippen LogP contribution in [0.1, 0.15) is 32.3 Å². The summed E-state index contributed by atoms with van der Waals surface area (Å²) in [4.78, 5) is 12.4. The first kappa shape index (κ1) is 16.9. The van der Waals surface area contributed by atoms with E-state index in [4.69, 9.17) is 0 Å². The molecule has 0 radical (unpaired) electrons. The molecule has 0 amide bonds. The minimum atomic E-state index is -3.71. The van der Waals surface area contributed by atoms with Crippen molar-refractivity contribution < 1.29 is 22.0 Å². The van der Waals surface area contributed by atoms with Crippen LogP contribution in [0.2, 0.25) is 0 Å². The Labute approximate surface area is 129 Å². The lowest BCUT2D eigenvalue weighted by Crippen LogP contribution is -2.26. The molecule has 1 fully saturated rings. The maximum Gasteiger partial charge on any atom is 0.178 e. The van der Waals surface area contributed by atoms with Crippen LogP contribution < -0.4 is 4.90 Å². The van der Waals surface area contributed by atoms with Crippen molar-refractivity contribution in [1.29, 1.82) is 0 Å². The van der Waals surface area contributed by atoms with Gasteiger partial charge in [-0.05, 0) is 31.9 Å². The molecule has 0 N–H and O–H groups in total. The van der Waals surface area contributed by atoms with E-state index in [0.717, 1.165) is 6.07 Å². The van der Waals surface area contributed by atoms with E-state index >= 15 is 0 Å². The first-order valence-corrected chi connectivity index (χ1v) is 8.86. The Morgan fingerprint density at radius 3 is 2.59 bits per heavy atom. The lowest BCUT2D eigenvalue weighted by molar-refractivity contribution is -0.116. The minimum absolute atomic E-state index is 0.132. The summed E-state index contributed by atoms with van der Waals surface area (Å²) in [7, 11) is -3.71. The van der Waals surface area contributed by atoms with Crippen LogP contribution in [0.15, 0.2) is 17.0 Å². The molecule has 7 heteroatoms. The number of carbonyl (C=O) groups excluding carboxylic acids is 1. The zero-order valence-corrected chi connectivity index (χ0v) is 13.4. The van der Waals surface area contributed by atoms with Gasteiger partial charge in [-0.15, -0.1) is 0 Å². The van der Waals surface area contributed by atoms with E-state index in [1.807, 2.05) is 0 Å². The van der Waals surface area contributed by atoms with Crippen LogP contribution in [0.5, 0.6) is 0 Å². The molecule has 22 heavy (non-hydrogen) atoms. The van der Waals surface area contributed by atoms with Gasteiger partial charge in [-0.25, -0.2) is 17.2 Å². The summed E-state index contributed by atoms with van der Waals surface area (Å²) in [5.41, 5.74) is 0.0783. The van der Waals surface area contributed by atoms with Gasteiger partial charge in [-0.3, -0.25) is 4.79 Å². The third-order valence-corrected chi connectivity index (χ3v) is 5.59. The number of alkyl halides is 1. The standard InChI is InChI=1S/C15H19F2NO3S/c1-3-22(20,21)14-9-11(18-6-4-5-15(18)17)8-13(16)12(14)7-10(2)19/h8-9,15H,3-7H2,1-2H3. The summed E-state index contributed by atoms with van der Waals surface area (Å²) in [5.74, 6) is -1.32. The highest BCUT2D eigenvalue weighted by molar-refractivity contribution is 7.91. The van der Waals surface area contributed by atoms with Gasteiger partial charge >= 0.3 is 0 Å². The van der Waals surface area contributed by atoms with Crippen LogP contribution in [0.4, 0.5) is 14.5 Å². The molecule has 0 saturated carbocycles. The third kappa shape index (κ3) is 3.29. The van der Waals surface area contributed by atoms with Gasteiger partial charge < -0.3 is 4.90 Å². The summed E-state index contributed by atoms with van der Waals surface area (Å²) in [6.45, 7) is 3.14. The summed E-state index contributed by atoms with van der Waals surface area (Å²) in [6, 6.07) is 2.41. The lowest BCUT2D eigenvalue weighted by atomic mass is 10.1. The van der Waals surface area contributed by atoms with Crippen molar-refractivity contribution in [3.63, 3.8) is 0 Å². The fourth-order valence-electron chi connectivity index (χ4n) is 2.63. The fourth-order valence-corrected chi connectivity index (χ4v) is 3.79. The molecule has 1 aromatic rings. The molecule has 122 valence electrons. The number of rotatable bonds is 5. The summed E-state index contributed by atoms with van der Waals surface area (Å²) in [6.07, 6.45) is -0.560. The van der Waals surface area contributed by atoms with Gasteiger partial charge in [0.25, 0.3) is 0 Å². The van der Waals surface area contributed by atoms with E-state index in [2.05, 4.69) is 0 Å². The second kappa shape index (κ2) is 6.32. The number of hydrogen-bond acceptors (Lipinski definition) is 4. The van der Waals surface area contributed by atoms with Gasteiger partial charge in [0, 0.05) is 24.2 Å². The molecule has 1 aromatic carbocycles. The van der Waals surface area contributed by atoms with E-state index in [1.54, 1.807) is 0 Å². The maximum atomic E-state index is 14.4. The van der Waals surface area contributed by atoms with Crippen LogP contribution >= 0.6 is 0 Å². The average Bonchev–Trinajstić information content (AvgIpc) is 2.86. The zero-order chi connectivity index (χ0) is 16.5. The number of ketones is 1. The number of carbonyl (C=O) groups is 1. The molecular weight excluding hydrogens is 312 g/mol. The highest BCUT2D eigenvalue weighted by atomic mass is 32.2. The Balaban J connectivity index is 2.60. The van der Waals surface area contributed by atoms with Crippen molar-refractivity contribution in [2.45, 2.75) is 44.3 Å². The number of nitrogens with zero attached hydrogens (tertiary/aromatic N) is 1. The number of anilines is 1. The molecule has 1 aliphatic rings. The van der Waals surface area contributed by atoms with Crippen LogP contribution in [0, 0.1) is 5.82 Å². The average molecular weight is 331 g/mol. The van der Waals surface area contributed by atoms with Crippen molar-refractivity contribution in [2.75, 3.05) is 17.2 Å². The second-order valence-electron chi connectivity index (χ2n) is 5.46. The van der Waals surface area contributed by atoms with Crippen LogP contribution in [-0.4, -0.2) is 32.8 Å². The predicted octanol–water partition coefficient (Wildman–Crippen LogP) is 2.65. The number of benzene rings is 1. The first-order chi connectivity index (χ1) is 10.3. The number of halogens is 2. The summed E-state index contributed by atoms with van der Waals surface area (Å²) < 4.78 is 52.6. The Kier molecular flexibility index (Phi) is 4.84. The molecule has 1 heterocycles. The van der Waals surface area contributed by atoms with Gasteiger partial charge in [0.2, 0.25) is 0 Å². The van der Waals surface area contributed by atoms with Crippen molar-refractivity contribution in [2.24, 2.45) is 0 Å². The summed E-state index contributed by atoms with van der Waals surface area (Å²) >= 11 is 0. The highest BCUT2D eigenvalue weighted by Gasteiger charge is 2.28. The Morgan fingerprint density at radius 1 is 1.41 bits per heavy atom. The molecule has 1 aliphatic heterocycles. The molecular formula is C15H19F2NO3S. The largest absolute Gasteiger partial charge is 0.342 e. The second-order valence-corrected chi connectivity index (χ2v) is 7.70. The molecule has 1 atom stereocenters. The third-order valence-electron chi connectivity index (χ3n) is 3.79. The molecule has 4 nitrogen and oxygen atoms in total. The van der Waals surface area contributed by atoms with E-state index in [-0.39, 0.29) is 34.1 Å². The van der Waals surface area contributed by atoms with Crippen LogP contribution in [0.25, 0.3) is 0 Å². The molecule has 1 saturated heterocycles. The van der Waals surface area contributed by atoms with E-state index in [1.165, 1.54) is 24.8 Å². The van der Waals surface area contributed by atoms with Gasteiger partial charge in [-0.2, -0.15) is 0 Å². The van der Waals surface area contributed by atoms with E-state index in [9.17, 15) is 22.0 Å². The fraction of sp³-hybridized carbons (Fsp3) is 0.533. The number of hydrogen-bond donors (Lipinski definition) is 0. The molecule has 0 spiro atoms. The molecule has 2 rings (SSSR count). The Morgan fingerprint density at radius 2 is 2.09 bits per heavy atom. The van der Waals surface area contributed by atoms with Gasteiger partial charge in [0.15, 0.2) is 16.1 Å². The lowest BCUT2D eigenvalue weighted by Gasteiger charge is -2.23. The first-order valence-electron chi connectivity index (χ1n) is 7.21. The van der Waals surface area contributed by atoms with Crippen molar-refractivity contribution in [3.8, 4) is 0 Å². The Hall–Kier alpha value is -1.50. The van der Waals surface area contributed by atoms with Gasteiger partial charge in [-0.1, -0.05) is 6.92 Å². The van der Waals surface area contributed by atoms with Crippen molar-refractivity contribution >= 4 is 21.3 Å².